The number of rotatable bonds is 6. The monoisotopic (exact) mass is 397 g/mol. The first-order valence-corrected chi connectivity index (χ1v) is 10.3. The number of imidazole rings is 1. The lowest BCUT2D eigenvalue weighted by Gasteiger charge is -2.31. The number of thiazole rings is 1. The topological polar surface area (TPSA) is 78.7 Å². The second kappa shape index (κ2) is 8.53. The minimum Gasteiger partial charge on any atom is -0.353 e. The fourth-order valence-electron chi connectivity index (χ4n) is 3.46. The summed E-state index contributed by atoms with van der Waals surface area (Å²) in [7, 11) is 0. The van der Waals surface area contributed by atoms with Gasteiger partial charge in [-0.1, -0.05) is 18.2 Å². The van der Waals surface area contributed by atoms with Crippen LogP contribution in [0.25, 0.3) is 4.96 Å². The minimum atomic E-state index is -0.00608. The van der Waals surface area contributed by atoms with Gasteiger partial charge in [0.25, 0.3) is 0 Å². The lowest BCUT2D eigenvalue weighted by molar-refractivity contribution is -0.122. The van der Waals surface area contributed by atoms with Crippen molar-refractivity contribution in [2.24, 2.45) is 0 Å². The van der Waals surface area contributed by atoms with Crippen LogP contribution < -0.4 is 10.6 Å². The van der Waals surface area contributed by atoms with Crippen molar-refractivity contribution in [2.75, 3.05) is 25.0 Å². The van der Waals surface area contributed by atoms with E-state index in [0.29, 0.717) is 13.0 Å². The molecule has 146 valence electrons. The maximum absolute atomic E-state index is 12.3. The first-order valence-electron chi connectivity index (χ1n) is 9.43. The molecule has 0 unspecified atom stereocenters. The summed E-state index contributed by atoms with van der Waals surface area (Å²) in [6.07, 6.45) is 5.84. The van der Waals surface area contributed by atoms with Gasteiger partial charge in [-0.2, -0.15) is 0 Å². The third-order valence-corrected chi connectivity index (χ3v) is 5.63. The Bertz CT molecular complexity index is 915. The molecule has 1 fully saturated rings. The van der Waals surface area contributed by atoms with E-state index in [1.54, 1.807) is 11.3 Å². The Balaban J connectivity index is 1.19. The number of nitrogens with one attached hydrogen (secondary N) is 2. The van der Waals surface area contributed by atoms with Crippen LogP contribution in [0, 0.1) is 0 Å². The summed E-state index contributed by atoms with van der Waals surface area (Å²) in [5, 5.41) is 7.99. The second-order valence-corrected chi connectivity index (χ2v) is 7.91. The molecule has 0 saturated carbocycles. The van der Waals surface area contributed by atoms with E-state index in [0.717, 1.165) is 42.3 Å². The fraction of sp³-hybridized carbons (Fsp3) is 0.350. The first-order chi connectivity index (χ1) is 13.7. The number of amides is 2. The van der Waals surface area contributed by atoms with Gasteiger partial charge in [0.1, 0.15) is 0 Å². The Morgan fingerprint density at radius 2 is 1.93 bits per heavy atom. The standard InChI is InChI=1S/C20H23N5O2S/c26-18(12-17-13-25-10-11-28-20(25)23-17)21-16-6-8-24(9-7-16)14-19(27)22-15-4-2-1-3-5-15/h1-5,10-11,13,16H,6-9,12,14H2,(H,21,26)(H,22,27). The SMILES string of the molecule is O=C(CN1CCC(NC(=O)Cc2cn3ccsc3n2)CC1)Nc1ccccc1. The number of benzene rings is 1. The number of piperidine rings is 1. The molecule has 2 N–H and O–H groups in total. The minimum absolute atomic E-state index is 0.00558. The molecule has 0 bridgehead atoms. The quantitative estimate of drug-likeness (QED) is 0.668. The van der Waals surface area contributed by atoms with Gasteiger partial charge < -0.3 is 10.6 Å². The molecule has 0 spiro atoms. The number of carbonyl (C=O) groups excluding carboxylic acids is 2. The largest absolute Gasteiger partial charge is 0.353 e. The van der Waals surface area contributed by atoms with Gasteiger partial charge >= 0.3 is 0 Å². The second-order valence-electron chi connectivity index (χ2n) is 7.03. The van der Waals surface area contributed by atoms with Crippen LogP contribution in [0.15, 0.2) is 48.1 Å². The third kappa shape index (κ3) is 4.76. The molecule has 0 radical (unpaired) electrons. The zero-order valence-electron chi connectivity index (χ0n) is 15.5. The summed E-state index contributed by atoms with van der Waals surface area (Å²) in [6, 6.07) is 9.63. The number of hydrogen-bond donors (Lipinski definition) is 2. The summed E-state index contributed by atoms with van der Waals surface area (Å²) in [4.78, 5) is 32.0. The number of anilines is 1. The van der Waals surface area contributed by atoms with Crippen molar-refractivity contribution in [2.45, 2.75) is 25.3 Å². The Morgan fingerprint density at radius 3 is 2.68 bits per heavy atom. The Hall–Kier alpha value is -2.71. The number of aromatic nitrogens is 2. The third-order valence-electron chi connectivity index (χ3n) is 4.86. The molecule has 1 aliphatic rings. The molecule has 3 aromatic rings. The molecule has 0 atom stereocenters. The highest BCUT2D eigenvalue weighted by Crippen LogP contribution is 2.13. The maximum atomic E-state index is 12.3. The van der Waals surface area contributed by atoms with Crippen LogP contribution in [-0.2, 0) is 16.0 Å². The van der Waals surface area contributed by atoms with Gasteiger partial charge in [-0.05, 0) is 25.0 Å². The molecular formula is C20H23N5O2S. The summed E-state index contributed by atoms with van der Waals surface area (Å²) >= 11 is 1.56. The van der Waals surface area contributed by atoms with Crippen LogP contribution >= 0.6 is 11.3 Å². The van der Waals surface area contributed by atoms with Crippen molar-refractivity contribution in [3.05, 3.63) is 53.8 Å². The lowest BCUT2D eigenvalue weighted by Crippen LogP contribution is -2.46. The summed E-state index contributed by atoms with van der Waals surface area (Å²) in [5.74, 6) is -0.000501. The number of fused-ring (bicyclic) bond motifs is 1. The summed E-state index contributed by atoms with van der Waals surface area (Å²) in [6.45, 7) is 1.97. The molecule has 1 saturated heterocycles. The van der Waals surface area contributed by atoms with Gasteiger partial charge in [-0.25, -0.2) is 4.98 Å². The van der Waals surface area contributed by atoms with E-state index < -0.39 is 0 Å². The van der Waals surface area contributed by atoms with Crippen LogP contribution in [0.3, 0.4) is 0 Å². The van der Waals surface area contributed by atoms with Crippen LogP contribution in [0.1, 0.15) is 18.5 Å². The van der Waals surface area contributed by atoms with E-state index >= 15 is 0 Å². The van der Waals surface area contributed by atoms with E-state index in [1.807, 2.05) is 52.5 Å². The van der Waals surface area contributed by atoms with E-state index in [-0.39, 0.29) is 17.9 Å². The van der Waals surface area contributed by atoms with Crippen LogP contribution in [0.2, 0.25) is 0 Å². The number of nitrogens with zero attached hydrogens (tertiary/aromatic N) is 3. The zero-order valence-corrected chi connectivity index (χ0v) is 16.3. The summed E-state index contributed by atoms with van der Waals surface area (Å²) < 4.78 is 1.94. The highest BCUT2D eigenvalue weighted by molar-refractivity contribution is 7.15. The normalized spacial score (nSPS) is 15.6. The van der Waals surface area contributed by atoms with Crippen molar-refractivity contribution in [3.8, 4) is 0 Å². The van der Waals surface area contributed by atoms with E-state index in [2.05, 4.69) is 20.5 Å². The van der Waals surface area contributed by atoms with Crippen LogP contribution in [0.5, 0.6) is 0 Å². The molecule has 4 rings (SSSR count). The molecule has 3 heterocycles. The van der Waals surface area contributed by atoms with Gasteiger partial charge in [0, 0.05) is 42.6 Å². The predicted molar refractivity (Wildman–Crippen MR) is 109 cm³/mol. The molecule has 1 aliphatic heterocycles. The fourth-order valence-corrected chi connectivity index (χ4v) is 4.18. The maximum Gasteiger partial charge on any atom is 0.238 e. The first kappa shape index (κ1) is 18.6. The molecule has 0 aliphatic carbocycles. The van der Waals surface area contributed by atoms with Crippen molar-refractivity contribution >= 4 is 33.8 Å². The van der Waals surface area contributed by atoms with Crippen molar-refractivity contribution < 1.29 is 9.59 Å². The van der Waals surface area contributed by atoms with Crippen molar-refractivity contribution in [1.82, 2.24) is 19.6 Å². The molecule has 1 aromatic carbocycles. The van der Waals surface area contributed by atoms with E-state index in [4.69, 9.17) is 0 Å². The molecule has 28 heavy (non-hydrogen) atoms. The predicted octanol–water partition coefficient (Wildman–Crippen LogP) is 2.16. The number of hydrogen-bond acceptors (Lipinski definition) is 5. The molecular weight excluding hydrogens is 374 g/mol. The van der Waals surface area contributed by atoms with Gasteiger partial charge in [0.15, 0.2) is 4.96 Å². The van der Waals surface area contributed by atoms with Crippen LogP contribution in [-0.4, -0.2) is 51.8 Å². The zero-order chi connectivity index (χ0) is 19.3. The highest BCUT2D eigenvalue weighted by Gasteiger charge is 2.22. The Morgan fingerprint density at radius 1 is 1.14 bits per heavy atom. The number of carbonyl (C=O) groups is 2. The van der Waals surface area contributed by atoms with E-state index in [9.17, 15) is 9.59 Å². The Kier molecular flexibility index (Phi) is 5.68. The van der Waals surface area contributed by atoms with Gasteiger partial charge in [-0.3, -0.25) is 18.9 Å². The van der Waals surface area contributed by atoms with Gasteiger partial charge in [0.05, 0.1) is 18.7 Å². The molecule has 2 aromatic heterocycles. The van der Waals surface area contributed by atoms with E-state index in [1.165, 1.54) is 0 Å². The molecule has 2 amide bonds. The Labute approximate surface area is 167 Å². The van der Waals surface area contributed by atoms with Crippen molar-refractivity contribution in [1.29, 1.82) is 0 Å². The van der Waals surface area contributed by atoms with Gasteiger partial charge in [0.2, 0.25) is 11.8 Å². The number of likely N-dealkylation sites (tertiary alicyclic amines) is 1. The highest BCUT2D eigenvalue weighted by atomic mass is 32.1. The lowest BCUT2D eigenvalue weighted by atomic mass is 10.0. The number of para-hydroxylation sites is 1. The van der Waals surface area contributed by atoms with Crippen molar-refractivity contribution in [3.63, 3.8) is 0 Å². The molecule has 8 heteroatoms. The molecule has 7 nitrogen and oxygen atoms in total. The van der Waals surface area contributed by atoms with Gasteiger partial charge in [-0.15, -0.1) is 11.3 Å². The summed E-state index contributed by atoms with van der Waals surface area (Å²) in [5.41, 5.74) is 1.60. The average molecular weight is 398 g/mol. The smallest absolute Gasteiger partial charge is 0.238 e. The average Bonchev–Trinajstić information content (AvgIpc) is 3.25. The van der Waals surface area contributed by atoms with Crippen LogP contribution in [0.4, 0.5) is 5.69 Å².